The summed E-state index contributed by atoms with van der Waals surface area (Å²) in [5, 5.41) is 9.81. The summed E-state index contributed by atoms with van der Waals surface area (Å²) in [6.07, 6.45) is 0.887. The van der Waals surface area contributed by atoms with Gasteiger partial charge in [-0.3, -0.25) is 0 Å². The number of carbonyl (C=O) groups excluding carboxylic acids is 1. The van der Waals surface area contributed by atoms with Gasteiger partial charge in [0.1, 0.15) is 34.6 Å². The quantitative estimate of drug-likeness (QED) is 0.342. The Labute approximate surface area is 210 Å². The monoisotopic (exact) mass is 484 g/mol. The van der Waals surface area contributed by atoms with Crippen LogP contribution in [0.15, 0.2) is 72.1 Å². The highest BCUT2D eigenvalue weighted by Crippen LogP contribution is 2.44. The average Bonchev–Trinajstić information content (AvgIpc) is 2.87. The van der Waals surface area contributed by atoms with Crippen molar-refractivity contribution < 1.29 is 23.7 Å². The van der Waals surface area contributed by atoms with Crippen molar-refractivity contribution in [3.8, 4) is 29.1 Å². The third-order valence-electron chi connectivity index (χ3n) is 5.92. The molecule has 0 saturated carbocycles. The maximum absolute atomic E-state index is 12.4. The fraction of sp³-hybridized carbons (Fsp3) is 0.241. The predicted octanol–water partition coefficient (Wildman–Crippen LogP) is 5.29. The zero-order valence-corrected chi connectivity index (χ0v) is 20.5. The largest absolute Gasteiger partial charge is 0.494 e. The molecular formula is C29H28N2O5. The van der Waals surface area contributed by atoms with Crippen molar-refractivity contribution in [3.63, 3.8) is 0 Å². The van der Waals surface area contributed by atoms with Gasteiger partial charge in [-0.2, -0.15) is 5.26 Å². The van der Waals surface area contributed by atoms with E-state index in [0.717, 1.165) is 28.7 Å². The Morgan fingerprint density at radius 1 is 1.00 bits per heavy atom. The lowest BCUT2D eigenvalue weighted by Gasteiger charge is -2.27. The molecule has 1 unspecified atom stereocenters. The summed E-state index contributed by atoms with van der Waals surface area (Å²) >= 11 is 0. The van der Waals surface area contributed by atoms with Gasteiger partial charge in [-0.1, -0.05) is 31.2 Å². The van der Waals surface area contributed by atoms with E-state index in [1.807, 2.05) is 63.2 Å². The lowest BCUT2D eigenvalue weighted by molar-refractivity contribution is -0.136. The minimum absolute atomic E-state index is 0.0106. The Hall–Kier alpha value is -4.44. The van der Waals surface area contributed by atoms with E-state index in [4.69, 9.17) is 24.7 Å². The van der Waals surface area contributed by atoms with E-state index >= 15 is 0 Å². The van der Waals surface area contributed by atoms with E-state index in [-0.39, 0.29) is 18.2 Å². The molecule has 2 N–H and O–H groups in total. The fourth-order valence-electron chi connectivity index (χ4n) is 3.95. The van der Waals surface area contributed by atoms with Crippen LogP contribution in [0.1, 0.15) is 41.5 Å². The summed E-state index contributed by atoms with van der Waals surface area (Å²) in [6.45, 7) is 6.38. The van der Waals surface area contributed by atoms with Crippen LogP contribution in [0.4, 0.5) is 0 Å². The molecule has 0 aliphatic carbocycles. The second-order valence-electron chi connectivity index (χ2n) is 8.55. The van der Waals surface area contributed by atoms with Gasteiger partial charge in [0.05, 0.1) is 12.5 Å². The number of fused-ring (bicyclic) bond motifs is 1. The van der Waals surface area contributed by atoms with E-state index in [0.29, 0.717) is 29.4 Å². The highest BCUT2D eigenvalue weighted by atomic mass is 16.6. The molecule has 3 aromatic rings. The first-order valence-corrected chi connectivity index (χ1v) is 11.7. The van der Waals surface area contributed by atoms with Crippen LogP contribution < -0.4 is 24.7 Å². The molecular weight excluding hydrogens is 456 g/mol. The summed E-state index contributed by atoms with van der Waals surface area (Å²) in [6, 6.07) is 20.4. The van der Waals surface area contributed by atoms with Crippen LogP contribution in [-0.4, -0.2) is 19.2 Å². The molecule has 1 aliphatic rings. The lowest BCUT2D eigenvalue weighted by Crippen LogP contribution is -2.21. The standard InChI is InChI=1S/C29H28N2O5/c1-4-12-33-21-7-5-6-20(14-21)28-24-11-10-23(15-26(24)36-29(31)25(28)16-30)35-27(32)17-34-22-9-8-18(2)19(3)13-22/h5-11,13-15,28H,4,12,17,31H2,1-3H3. The molecule has 1 aliphatic heterocycles. The molecule has 7 heteroatoms. The van der Waals surface area contributed by atoms with Crippen LogP contribution >= 0.6 is 0 Å². The number of hydrogen-bond acceptors (Lipinski definition) is 7. The van der Waals surface area contributed by atoms with E-state index in [9.17, 15) is 10.1 Å². The normalized spacial score (nSPS) is 14.3. The molecule has 0 amide bonds. The van der Waals surface area contributed by atoms with Crippen molar-refractivity contribution in [1.82, 2.24) is 0 Å². The van der Waals surface area contributed by atoms with Crippen LogP contribution in [-0.2, 0) is 4.79 Å². The topological polar surface area (TPSA) is 104 Å². The highest BCUT2D eigenvalue weighted by Gasteiger charge is 2.31. The Morgan fingerprint density at radius 3 is 2.53 bits per heavy atom. The number of allylic oxidation sites excluding steroid dienone is 1. The number of benzene rings is 3. The molecule has 3 aromatic carbocycles. The molecule has 1 heterocycles. The minimum Gasteiger partial charge on any atom is -0.494 e. The second-order valence-corrected chi connectivity index (χ2v) is 8.55. The summed E-state index contributed by atoms with van der Waals surface area (Å²) in [4.78, 5) is 12.4. The molecule has 0 radical (unpaired) electrons. The smallest absolute Gasteiger partial charge is 0.349 e. The van der Waals surface area contributed by atoms with Gasteiger partial charge < -0.3 is 24.7 Å². The first-order chi connectivity index (χ1) is 17.4. The molecule has 1 atom stereocenters. The van der Waals surface area contributed by atoms with Gasteiger partial charge in [-0.25, -0.2) is 4.79 Å². The molecule has 0 bridgehead atoms. The number of esters is 1. The SMILES string of the molecule is CCCOc1cccc(C2C(C#N)=C(N)Oc3cc(OC(=O)COc4ccc(C)c(C)c4)ccc32)c1. The molecule has 7 nitrogen and oxygen atoms in total. The summed E-state index contributed by atoms with van der Waals surface area (Å²) < 4.78 is 22.5. The van der Waals surface area contributed by atoms with E-state index in [1.165, 1.54) is 0 Å². The summed E-state index contributed by atoms with van der Waals surface area (Å²) in [7, 11) is 0. The van der Waals surface area contributed by atoms with Crippen LogP contribution in [0.25, 0.3) is 0 Å². The Kier molecular flexibility index (Phi) is 7.45. The van der Waals surface area contributed by atoms with Crippen LogP contribution in [0.5, 0.6) is 23.0 Å². The van der Waals surface area contributed by atoms with Crippen LogP contribution in [0.2, 0.25) is 0 Å². The van der Waals surface area contributed by atoms with Gasteiger partial charge in [0.25, 0.3) is 0 Å². The fourth-order valence-corrected chi connectivity index (χ4v) is 3.95. The molecule has 0 saturated heterocycles. The van der Waals surface area contributed by atoms with E-state index in [2.05, 4.69) is 6.07 Å². The summed E-state index contributed by atoms with van der Waals surface area (Å²) in [5.41, 5.74) is 10.2. The first kappa shape index (κ1) is 24.7. The predicted molar refractivity (Wildman–Crippen MR) is 135 cm³/mol. The number of rotatable bonds is 8. The lowest BCUT2D eigenvalue weighted by atomic mass is 9.83. The van der Waals surface area contributed by atoms with Gasteiger partial charge in [0.2, 0.25) is 5.88 Å². The average molecular weight is 485 g/mol. The third kappa shape index (κ3) is 5.44. The Morgan fingerprint density at radius 2 is 1.78 bits per heavy atom. The van der Waals surface area contributed by atoms with Crippen molar-refractivity contribution in [1.29, 1.82) is 5.26 Å². The second kappa shape index (κ2) is 10.9. The molecule has 0 fully saturated rings. The molecule has 0 aromatic heterocycles. The number of nitrogens with zero attached hydrogens (tertiary/aromatic N) is 1. The Balaban J connectivity index is 1.53. The maximum atomic E-state index is 12.4. The van der Waals surface area contributed by atoms with Gasteiger partial charge in [-0.15, -0.1) is 0 Å². The van der Waals surface area contributed by atoms with Crippen molar-refractivity contribution >= 4 is 5.97 Å². The van der Waals surface area contributed by atoms with Crippen LogP contribution in [0.3, 0.4) is 0 Å². The van der Waals surface area contributed by atoms with E-state index in [1.54, 1.807) is 18.2 Å². The molecule has 4 rings (SSSR count). The number of nitriles is 1. The number of aryl methyl sites for hydroxylation is 2. The Bertz CT molecular complexity index is 1360. The van der Waals surface area contributed by atoms with Gasteiger partial charge >= 0.3 is 5.97 Å². The van der Waals surface area contributed by atoms with Gasteiger partial charge in [0, 0.05) is 11.6 Å². The van der Waals surface area contributed by atoms with Crippen molar-refractivity contribution in [2.45, 2.75) is 33.1 Å². The molecule has 36 heavy (non-hydrogen) atoms. The molecule has 0 spiro atoms. The summed E-state index contributed by atoms with van der Waals surface area (Å²) in [5.74, 6) is 1.03. The van der Waals surface area contributed by atoms with Crippen molar-refractivity contribution in [3.05, 3.63) is 94.4 Å². The van der Waals surface area contributed by atoms with Gasteiger partial charge in [0.15, 0.2) is 6.61 Å². The van der Waals surface area contributed by atoms with E-state index < -0.39 is 11.9 Å². The first-order valence-electron chi connectivity index (χ1n) is 11.7. The third-order valence-corrected chi connectivity index (χ3v) is 5.92. The van der Waals surface area contributed by atoms with Crippen molar-refractivity contribution in [2.75, 3.05) is 13.2 Å². The van der Waals surface area contributed by atoms with Crippen molar-refractivity contribution in [2.24, 2.45) is 5.73 Å². The van der Waals surface area contributed by atoms with Crippen LogP contribution in [0, 0.1) is 25.2 Å². The molecule has 184 valence electrons. The van der Waals surface area contributed by atoms with Gasteiger partial charge in [-0.05, 0) is 67.3 Å². The highest BCUT2D eigenvalue weighted by molar-refractivity contribution is 5.74. The number of hydrogen-bond donors (Lipinski definition) is 1. The minimum atomic E-state index is -0.553. The number of ether oxygens (including phenoxy) is 4. The maximum Gasteiger partial charge on any atom is 0.349 e. The number of carbonyl (C=O) groups is 1. The zero-order chi connectivity index (χ0) is 25.7. The number of nitrogens with two attached hydrogens (primary N) is 1. The zero-order valence-electron chi connectivity index (χ0n) is 20.5.